The number of aryl methyl sites for hydroxylation is 1. The summed E-state index contributed by atoms with van der Waals surface area (Å²) in [6, 6.07) is 21.6. The van der Waals surface area contributed by atoms with Gasteiger partial charge in [0.25, 0.3) is 11.5 Å². The molecule has 8 rings (SSSR count). The number of amides is 2. The first-order valence-corrected chi connectivity index (χ1v) is 22.4. The summed E-state index contributed by atoms with van der Waals surface area (Å²) in [7, 11) is 1.70. The van der Waals surface area contributed by atoms with Gasteiger partial charge in [0.1, 0.15) is 47.3 Å². The van der Waals surface area contributed by atoms with Crippen LogP contribution in [0, 0.1) is 22.2 Å². The van der Waals surface area contributed by atoms with Gasteiger partial charge in [-0.3, -0.25) is 14.4 Å². The number of benzene rings is 3. The van der Waals surface area contributed by atoms with Crippen LogP contribution in [0.5, 0.6) is 23.0 Å². The molecular weight excluding hydrogens is 860 g/mol. The van der Waals surface area contributed by atoms with E-state index in [0.717, 1.165) is 23.8 Å². The van der Waals surface area contributed by atoms with E-state index in [9.17, 15) is 19.6 Å². The van der Waals surface area contributed by atoms with Gasteiger partial charge in [0.05, 0.1) is 28.9 Å². The number of H-pyrrole nitrogens is 1. The normalized spacial score (nSPS) is 17.6. The molecule has 1 saturated carbocycles. The van der Waals surface area contributed by atoms with Crippen LogP contribution in [0.25, 0.3) is 22.0 Å². The lowest BCUT2D eigenvalue weighted by molar-refractivity contribution is -0.164. The van der Waals surface area contributed by atoms with Gasteiger partial charge in [-0.15, -0.1) is 0 Å². The Labute approximate surface area is 388 Å². The first-order valence-electron chi connectivity index (χ1n) is 22.0. The third-order valence-corrected chi connectivity index (χ3v) is 12.9. The molecule has 1 saturated heterocycles. The molecular formula is C50H53ClN8O7. The van der Waals surface area contributed by atoms with Crippen LogP contribution in [0.1, 0.15) is 69.8 Å². The van der Waals surface area contributed by atoms with E-state index in [1.165, 1.54) is 4.57 Å². The first kappa shape index (κ1) is 45.7. The van der Waals surface area contributed by atoms with Crippen LogP contribution < -0.4 is 35.3 Å². The molecule has 4 heterocycles. The van der Waals surface area contributed by atoms with Crippen LogP contribution >= 0.6 is 11.6 Å². The summed E-state index contributed by atoms with van der Waals surface area (Å²) in [5.41, 5.74) is 2.37. The fourth-order valence-corrected chi connectivity index (χ4v) is 9.62. The fraction of sp³-hybridized carbons (Fsp3) is 0.360. The molecule has 0 spiro atoms. The average molecular weight is 913 g/mol. The molecule has 1 aliphatic carbocycles. The summed E-state index contributed by atoms with van der Waals surface area (Å²) in [4.78, 5) is 52.8. The number of carbonyl (C=O) groups excluding carboxylic acids is 2. The van der Waals surface area contributed by atoms with Crippen molar-refractivity contribution in [1.29, 1.82) is 5.26 Å². The number of nitrogens with one attached hydrogen (secondary N) is 3. The SMILES string of the molecule is CCC(=O)Nc1ccc(Oc2cccc(OCCOC3CCN(c4ncc(C(=O)NC5C(C)(C)C(Oc6ccc(C#N)c(Cl)c6)C5(C)C)cn4)CC3)c2)c(-c2cn(C)c(=O)c3[nH]ccc23)c1. The van der Waals surface area contributed by atoms with Crippen LogP contribution in [-0.2, 0) is 16.6 Å². The minimum atomic E-state index is -0.403. The molecule has 16 heteroatoms. The van der Waals surface area contributed by atoms with E-state index in [1.807, 2.05) is 36.4 Å². The maximum atomic E-state index is 13.4. The van der Waals surface area contributed by atoms with Crippen LogP contribution in [0.2, 0.25) is 5.02 Å². The van der Waals surface area contributed by atoms with E-state index in [2.05, 4.69) is 64.2 Å². The number of pyridine rings is 1. The van der Waals surface area contributed by atoms with Gasteiger partial charge in [0, 0.05) is 103 Å². The van der Waals surface area contributed by atoms with Crippen molar-refractivity contribution in [1.82, 2.24) is 24.8 Å². The number of carbonyl (C=O) groups is 2. The predicted octanol–water partition coefficient (Wildman–Crippen LogP) is 8.67. The highest BCUT2D eigenvalue weighted by Gasteiger charge is 2.64. The van der Waals surface area contributed by atoms with Crippen molar-refractivity contribution >= 4 is 46.0 Å². The summed E-state index contributed by atoms with van der Waals surface area (Å²) in [5, 5.41) is 16.4. The molecule has 2 fully saturated rings. The molecule has 3 N–H and O–H groups in total. The maximum Gasteiger partial charge on any atom is 0.274 e. The Morgan fingerprint density at radius 1 is 0.939 bits per heavy atom. The lowest BCUT2D eigenvalue weighted by atomic mass is 9.49. The molecule has 15 nitrogen and oxygen atoms in total. The minimum absolute atomic E-state index is 0.0490. The maximum absolute atomic E-state index is 13.4. The molecule has 1 aliphatic heterocycles. The molecule has 0 bridgehead atoms. The van der Waals surface area contributed by atoms with Crippen molar-refractivity contribution in [2.75, 3.05) is 36.5 Å². The van der Waals surface area contributed by atoms with Crippen molar-refractivity contribution in [3.05, 3.63) is 118 Å². The van der Waals surface area contributed by atoms with Gasteiger partial charge < -0.3 is 44.0 Å². The largest absolute Gasteiger partial charge is 0.491 e. The van der Waals surface area contributed by atoms with E-state index in [-0.39, 0.29) is 35.6 Å². The van der Waals surface area contributed by atoms with Crippen LogP contribution in [0.4, 0.5) is 11.6 Å². The van der Waals surface area contributed by atoms with Gasteiger partial charge in [0.15, 0.2) is 0 Å². The fourth-order valence-electron chi connectivity index (χ4n) is 9.40. The molecule has 2 amide bonds. The standard InChI is InChI=1S/C50H53ClN8O7/c1-7-42(60)56-32-12-14-41(38(23-32)39-29-58(6)45(62)43-37(39)15-18-53-43)65-35-10-8-9-34(24-35)64-22-21-63-33-16-19-59(20-17-33)48-54-27-31(28-55-48)44(61)57-46-49(2,3)47(50(46,4)5)66-36-13-11-30(26-52)40(51)25-36/h8-15,18,23-25,27-29,33,46-47,53H,7,16-17,19-22H2,1-6H3,(H,56,60)(H,57,61). The van der Waals surface area contributed by atoms with Crippen molar-refractivity contribution in [3.8, 4) is 40.2 Å². The Hall–Kier alpha value is -6.89. The second kappa shape index (κ2) is 18.9. The Balaban J connectivity index is 0.810. The van der Waals surface area contributed by atoms with Crippen LogP contribution in [0.3, 0.4) is 0 Å². The summed E-state index contributed by atoms with van der Waals surface area (Å²) in [6.07, 6.45) is 8.37. The highest BCUT2D eigenvalue weighted by Crippen LogP contribution is 2.55. The van der Waals surface area contributed by atoms with Crippen molar-refractivity contribution in [2.45, 2.75) is 72.1 Å². The zero-order valence-electron chi connectivity index (χ0n) is 37.8. The van der Waals surface area contributed by atoms with E-state index in [1.54, 1.807) is 69.1 Å². The molecule has 6 aromatic rings. The van der Waals surface area contributed by atoms with Gasteiger partial charge in [-0.25, -0.2) is 9.97 Å². The Morgan fingerprint density at radius 2 is 1.68 bits per heavy atom. The van der Waals surface area contributed by atoms with Crippen LogP contribution in [0.15, 0.2) is 96.3 Å². The van der Waals surface area contributed by atoms with Gasteiger partial charge >= 0.3 is 0 Å². The highest BCUT2D eigenvalue weighted by atomic mass is 35.5. The first-order chi connectivity index (χ1) is 31.7. The van der Waals surface area contributed by atoms with E-state index in [4.69, 9.17) is 30.5 Å². The number of ether oxygens (including phenoxy) is 4. The van der Waals surface area contributed by atoms with Crippen molar-refractivity contribution in [3.63, 3.8) is 0 Å². The molecule has 0 atom stereocenters. The van der Waals surface area contributed by atoms with Crippen molar-refractivity contribution in [2.24, 2.45) is 17.9 Å². The number of aromatic amines is 1. The van der Waals surface area contributed by atoms with Crippen LogP contribution in [-0.4, -0.2) is 75.9 Å². The molecule has 0 radical (unpaired) electrons. The number of anilines is 2. The van der Waals surface area contributed by atoms with E-state index >= 15 is 0 Å². The van der Waals surface area contributed by atoms with Gasteiger partial charge in [-0.05, 0) is 61.4 Å². The number of hydrogen-bond donors (Lipinski definition) is 3. The van der Waals surface area contributed by atoms with Crippen molar-refractivity contribution < 1.29 is 28.5 Å². The third kappa shape index (κ3) is 9.43. The zero-order valence-corrected chi connectivity index (χ0v) is 38.6. The van der Waals surface area contributed by atoms with Gasteiger partial charge in [-0.2, -0.15) is 5.26 Å². The third-order valence-electron chi connectivity index (χ3n) is 12.6. The number of nitrogens with zero attached hydrogens (tertiary/aromatic N) is 5. The zero-order chi connectivity index (χ0) is 46.8. The Morgan fingerprint density at radius 3 is 2.39 bits per heavy atom. The molecule has 2 aliphatic rings. The number of hydrogen-bond acceptors (Lipinski definition) is 11. The topological polar surface area (TPSA) is 186 Å². The number of piperidine rings is 1. The summed E-state index contributed by atoms with van der Waals surface area (Å²) in [6.45, 7) is 12.2. The highest BCUT2D eigenvalue weighted by molar-refractivity contribution is 6.31. The summed E-state index contributed by atoms with van der Waals surface area (Å²) < 4.78 is 26.6. The molecule has 66 heavy (non-hydrogen) atoms. The number of aromatic nitrogens is 4. The monoisotopic (exact) mass is 912 g/mol. The Kier molecular flexibility index (Phi) is 13.1. The molecule has 342 valence electrons. The lowest BCUT2D eigenvalue weighted by Crippen LogP contribution is -2.74. The second-order valence-corrected chi connectivity index (χ2v) is 18.3. The second-order valence-electron chi connectivity index (χ2n) is 17.9. The number of nitriles is 1. The predicted molar refractivity (Wildman–Crippen MR) is 253 cm³/mol. The Bertz CT molecular complexity index is 2850. The smallest absolute Gasteiger partial charge is 0.274 e. The summed E-state index contributed by atoms with van der Waals surface area (Å²) >= 11 is 6.25. The number of halogens is 1. The number of rotatable bonds is 15. The van der Waals surface area contributed by atoms with E-state index < -0.39 is 10.8 Å². The minimum Gasteiger partial charge on any atom is -0.491 e. The van der Waals surface area contributed by atoms with Gasteiger partial charge in [-0.1, -0.05) is 52.3 Å². The average Bonchev–Trinajstić information content (AvgIpc) is 3.81. The van der Waals surface area contributed by atoms with E-state index in [0.29, 0.717) is 94.6 Å². The number of fused-ring (bicyclic) bond motifs is 1. The molecule has 0 unspecified atom stereocenters. The molecule has 3 aromatic carbocycles. The van der Waals surface area contributed by atoms with Gasteiger partial charge in [0.2, 0.25) is 11.9 Å². The summed E-state index contributed by atoms with van der Waals surface area (Å²) in [5.74, 6) is 2.48. The molecule has 3 aromatic heterocycles. The lowest BCUT2D eigenvalue weighted by Gasteiger charge is -2.63. The quantitative estimate of drug-likeness (QED) is 0.0838.